The Morgan fingerprint density at radius 1 is 1.38 bits per heavy atom. The first-order valence-corrected chi connectivity index (χ1v) is 7.28. The lowest BCUT2D eigenvalue weighted by Gasteiger charge is -2.33. The molecular weight excluding hydrogens is 345 g/mol. The van der Waals surface area contributed by atoms with Crippen molar-refractivity contribution in [3.63, 3.8) is 0 Å². The quantitative estimate of drug-likeness (QED) is 0.863. The van der Waals surface area contributed by atoms with Crippen molar-refractivity contribution in [1.82, 2.24) is 5.32 Å². The fourth-order valence-corrected chi connectivity index (χ4v) is 2.58. The standard InChI is InChI=1S/C14H15BrFNO4/c15-9-1-2-10(11(16)7-9)12(18)17-8-14(13(19)20)3-5-21-6-4-14/h1-2,7H,3-6,8H2,(H,17,18)(H,19,20). The maximum atomic E-state index is 13.7. The van der Waals surface area contributed by atoms with Gasteiger partial charge in [0.2, 0.25) is 0 Å². The van der Waals surface area contributed by atoms with Gasteiger partial charge in [-0.3, -0.25) is 9.59 Å². The lowest BCUT2D eigenvalue weighted by Crippen LogP contribution is -2.46. The van der Waals surface area contributed by atoms with E-state index in [2.05, 4.69) is 21.2 Å². The Balaban J connectivity index is 2.07. The van der Waals surface area contributed by atoms with Gasteiger partial charge in [0.15, 0.2) is 0 Å². The zero-order valence-electron chi connectivity index (χ0n) is 11.2. The third-order valence-corrected chi connectivity index (χ3v) is 4.16. The van der Waals surface area contributed by atoms with Gasteiger partial charge in [-0.1, -0.05) is 15.9 Å². The first kappa shape index (κ1) is 15.9. The summed E-state index contributed by atoms with van der Waals surface area (Å²) in [5, 5.41) is 11.9. The molecule has 0 atom stereocenters. The van der Waals surface area contributed by atoms with Crippen LogP contribution in [0.25, 0.3) is 0 Å². The van der Waals surface area contributed by atoms with Crippen LogP contribution in [0, 0.1) is 11.2 Å². The van der Waals surface area contributed by atoms with Crippen molar-refractivity contribution in [3.05, 3.63) is 34.1 Å². The van der Waals surface area contributed by atoms with Crippen molar-refractivity contribution in [2.24, 2.45) is 5.41 Å². The van der Waals surface area contributed by atoms with Crippen molar-refractivity contribution in [3.8, 4) is 0 Å². The molecule has 0 aromatic heterocycles. The molecule has 2 rings (SSSR count). The number of nitrogens with one attached hydrogen (secondary N) is 1. The first-order valence-electron chi connectivity index (χ1n) is 6.49. The van der Waals surface area contributed by atoms with Gasteiger partial charge in [0, 0.05) is 24.2 Å². The summed E-state index contributed by atoms with van der Waals surface area (Å²) >= 11 is 3.11. The average Bonchev–Trinajstić information content (AvgIpc) is 2.45. The number of hydrogen-bond donors (Lipinski definition) is 2. The molecule has 1 aromatic rings. The van der Waals surface area contributed by atoms with Crippen molar-refractivity contribution in [2.75, 3.05) is 19.8 Å². The van der Waals surface area contributed by atoms with Crippen LogP contribution in [0.15, 0.2) is 22.7 Å². The molecule has 0 spiro atoms. The van der Waals surface area contributed by atoms with E-state index in [4.69, 9.17) is 4.74 Å². The second-order valence-electron chi connectivity index (χ2n) is 5.00. The molecule has 1 aromatic carbocycles. The van der Waals surface area contributed by atoms with Crippen LogP contribution in [0.1, 0.15) is 23.2 Å². The zero-order valence-corrected chi connectivity index (χ0v) is 12.8. The normalized spacial score (nSPS) is 17.2. The molecule has 1 aliphatic heterocycles. The third kappa shape index (κ3) is 3.59. The van der Waals surface area contributed by atoms with Gasteiger partial charge in [0.1, 0.15) is 5.82 Å². The minimum absolute atomic E-state index is 0.0416. The third-order valence-electron chi connectivity index (χ3n) is 3.67. The summed E-state index contributed by atoms with van der Waals surface area (Å²) in [5.74, 6) is -2.24. The van der Waals surface area contributed by atoms with Gasteiger partial charge in [-0.15, -0.1) is 0 Å². The molecule has 0 unspecified atom stereocenters. The van der Waals surface area contributed by atoms with Crippen LogP contribution in [0.3, 0.4) is 0 Å². The van der Waals surface area contributed by atoms with Crippen molar-refractivity contribution in [2.45, 2.75) is 12.8 Å². The van der Waals surface area contributed by atoms with Crippen LogP contribution < -0.4 is 5.32 Å². The van der Waals surface area contributed by atoms with Gasteiger partial charge < -0.3 is 15.2 Å². The molecule has 21 heavy (non-hydrogen) atoms. The summed E-state index contributed by atoms with van der Waals surface area (Å²) in [4.78, 5) is 23.4. The highest BCUT2D eigenvalue weighted by Gasteiger charge is 2.40. The van der Waals surface area contributed by atoms with Crippen LogP contribution in [-0.4, -0.2) is 36.7 Å². The second-order valence-corrected chi connectivity index (χ2v) is 5.92. The lowest BCUT2D eigenvalue weighted by molar-refractivity contribution is -0.154. The second kappa shape index (κ2) is 6.53. The number of hydrogen-bond acceptors (Lipinski definition) is 3. The number of amides is 1. The summed E-state index contributed by atoms with van der Waals surface area (Å²) in [6.45, 7) is 0.643. The lowest BCUT2D eigenvalue weighted by atomic mass is 9.80. The van der Waals surface area contributed by atoms with Crippen LogP contribution in [0.5, 0.6) is 0 Å². The van der Waals surface area contributed by atoms with E-state index in [1.807, 2.05) is 0 Å². The highest BCUT2D eigenvalue weighted by molar-refractivity contribution is 9.10. The molecule has 7 heteroatoms. The average molecular weight is 360 g/mol. The maximum absolute atomic E-state index is 13.7. The number of ether oxygens (including phenoxy) is 1. The molecular formula is C14H15BrFNO4. The van der Waals surface area contributed by atoms with E-state index in [9.17, 15) is 19.1 Å². The van der Waals surface area contributed by atoms with Crippen molar-refractivity contribution in [1.29, 1.82) is 0 Å². The molecule has 0 saturated carbocycles. The predicted octanol–water partition coefficient (Wildman–Crippen LogP) is 2.20. The van der Waals surface area contributed by atoms with E-state index in [0.29, 0.717) is 30.5 Å². The van der Waals surface area contributed by atoms with Crippen LogP contribution in [-0.2, 0) is 9.53 Å². The molecule has 0 aliphatic carbocycles. The molecule has 1 amide bonds. The van der Waals surface area contributed by atoms with Gasteiger partial charge in [-0.05, 0) is 31.0 Å². The van der Waals surface area contributed by atoms with Gasteiger partial charge >= 0.3 is 5.97 Å². The Morgan fingerprint density at radius 2 is 2.05 bits per heavy atom. The van der Waals surface area contributed by atoms with Gasteiger partial charge in [0.05, 0.1) is 11.0 Å². The Kier molecular flexibility index (Phi) is 4.95. The van der Waals surface area contributed by atoms with E-state index >= 15 is 0 Å². The number of rotatable bonds is 4. The van der Waals surface area contributed by atoms with Crippen LogP contribution in [0.2, 0.25) is 0 Å². The number of carboxylic acid groups (broad SMARTS) is 1. The Bertz CT molecular complexity index is 558. The number of aliphatic carboxylic acids is 1. The number of carbonyl (C=O) groups is 2. The number of carbonyl (C=O) groups excluding carboxylic acids is 1. The topological polar surface area (TPSA) is 75.6 Å². The Hall–Kier alpha value is -1.47. The van der Waals surface area contributed by atoms with E-state index in [1.54, 1.807) is 6.07 Å². The van der Waals surface area contributed by atoms with Gasteiger partial charge in [-0.2, -0.15) is 0 Å². The summed E-state index contributed by atoms with van der Waals surface area (Å²) in [6.07, 6.45) is 0.650. The monoisotopic (exact) mass is 359 g/mol. The molecule has 0 radical (unpaired) electrons. The first-order chi connectivity index (χ1) is 9.94. The number of benzene rings is 1. The van der Waals surface area contributed by atoms with Gasteiger partial charge in [-0.25, -0.2) is 4.39 Å². The summed E-state index contributed by atoms with van der Waals surface area (Å²) in [6, 6.07) is 4.10. The minimum Gasteiger partial charge on any atom is -0.481 e. The Morgan fingerprint density at radius 3 is 2.62 bits per heavy atom. The molecule has 5 nitrogen and oxygen atoms in total. The molecule has 1 aliphatic rings. The zero-order chi connectivity index (χ0) is 15.5. The molecule has 1 heterocycles. The minimum atomic E-state index is -1.04. The highest BCUT2D eigenvalue weighted by Crippen LogP contribution is 2.30. The van der Waals surface area contributed by atoms with Gasteiger partial charge in [0.25, 0.3) is 5.91 Å². The fourth-order valence-electron chi connectivity index (χ4n) is 2.25. The number of halogens is 2. The van der Waals surface area contributed by atoms with Crippen molar-refractivity contribution >= 4 is 27.8 Å². The fraction of sp³-hybridized carbons (Fsp3) is 0.429. The molecule has 1 saturated heterocycles. The van der Waals surface area contributed by atoms with E-state index in [1.165, 1.54) is 12.1 Å². The molecule has 2 N–H and O–H groups in total. The number of carboxylic acids is 1. The van der Waals surface area contributed by atoms with E-state index in [-0.39, 0.29) is 12.1 Å². The van der Waals surface area contributed by atoms with E-state index in [0.717, 1.165) is 0 Å². The van der Waals surface area contributed by atoms with Crippen LogP contribution >= 0.6 is 15.9 Å². The SMILES string of the molecule is O=C(NCC1(C(=O)O)CCOCC1)c1ccc(Br)cc1F. The molecule has 0 bridgehead atoms. The largest absolute Gasteiger partial charge is 0.481 e. The summed E-state index contributed by atoms with van der Waals surface area (Å²) in [5.41, 5.74) is -1.15. The van der Waals surface area contributed by atoms with Crippen LogP contribution in [0.4, 0.5) is 4.39 Å². The highest BCUT2D eigenvalue weighted by atomic mass is 79.9. The molecule has 1 fully saturated rings. The summed E-state index contributed by atoms with van der Waals surface area (Å²) < 4.78 is 19.4. The summed E-state index contributed by atoms with van der Waals surface area (Å²) in [7, 11) is 0. The molecule has 114 valence electrons. The Labute approximate surface area is 129 Å². The predicted molar refractivity (Wildman–Crippen MR) is 76.6 cm³/mol. The maximum Gasteiger partial charge on any atom is 0.311 e. The van der Waals surface area contributed by atoms with Crippen molar-refractivity contribution < 1.29 is 23.8 Å². The van der Waals surface area contributed by atoms with E-state index < -0.39 is 23.1 Å². The smallest absolute Gasteiger partial charge is 0.311 e.